The van der Waals surface area contributed by atoms with Crippen molar-refractivity contribution in [2.75, 3.05) is 39.3 Å². The second-order valence-electron chi connectivity index (χ2n) is 14.8. The number of nitrogens with one attached hydrogen (secondary N) is 3. The van der Waals surface area contributed by atoms with E-state index in [0.29, 0.717) is 64.8 Å². The fourth-order valence-corrected chi connectivity index (χ4v) is 7.07. The molecule has 2 heterocycles. The summed E-state index contributed by atoms with van der Waals surface area (Å²) in [4.78, 5) is 70.4. The summed E-state index contributed by atoms with van der Waals surface area (Å²) in [6.07, 6.45) is 3.99. The summed E-state index contributed by atoms with van der Waals surface area (Å²) in [6.45, 7) is 6.00. The Bertz CT molecular complexity index is 1470. The van der Waals surface area contributed by atoms with Crippen LogP contribution in [-0.4, -0.2) is 108 Å². The molecule has 5 amide bonds. The van der Waals surface area contributed by atoms with Crippen LogP contribution >= 0.6 is 0 Å². The van der Waals surface area contributed by atoms with Crippen molar-refractivity contribution < 1.29 is 29.1 Å². The summed E-state index contributed by atoms with van der Waals surface area (Å²) < 4.78 is 0. The fraction of sp³-hybridized carbons (Fsp3) is 0.564. The predicted octanol–water partition coefficient (Wildman–Crippen LogP) is 0.872. The first-order valence-electron chi connectivity index (χ1n) is 18.6. The van der Waals surface area contributed by atoms with E-state index in [1.54, 1.807) is 9.80 Å². The fourth-order valence-electron chi connectivity index (χ4n) is 7.07. The highest BCUT2D eigenvalue weighted by Gasteiger charge is 2.47. The third kappa shape index (κ3) is 11.6. The monoisotopic (exact) mass is 719 g/mol. The number of carbonyl (C=O) groups is 5. The number of aliphatic hydroxyl groups excluding tert-OH is 1. The minimum atomic E-state index is -1.00. The molecular weight excluding hydrogens is 662 g/mol. The van der Waals surface area contributed by atoms with Crippen molar-refractivity contribution in [2.24, 2.45) is 22.8 Å². The van der Waals surface area contributed by atoms with Gasteiger partial charge in [0.25, 0.3) is 0 Å². The average Bonchev–Trinajstić information content (AvgIpc) is 3.12. The van der Waals surface area contributed by atoms with E-state index in [0.717, 1.165) is 24.0 Å². The van der Waals surface area contributed by atoms with Crippen molar-refractivity contribution in [3.05, 3.63) is 71.8 Å². The molecule has 2 fully saturated rings. The summed E-state index contributed by atoms with van der Waals surface area (Å²) in [7, 11) is 0. The quantitative estimate of drug-likeness (QED) is 0.122. The Morgan fingerprint density at radius 2 is 1.29 bits per heavy atom. The van der Waals surface area contributed by atoms with Crippen molar-refractivity contribution >= 4 is 29.5 Å². The van der Waals surface area contributed by atoms with E-state index in [1.165, 1.54) is 0 Å². The number of piperidine rings is 1. The van der Waals surface area contributed by atoms with Gasteiger partial charge in [-0.3, -0.25) is 24.0 Å². The molecule has 4 atom stereocenters. The van der Waals surface area contributed by atoms with E-state index in [-0.39, 0.29) is 29.6 Å². The standard InChI is InChI=1S/C39H57N7O6/c1-27(2)21-32(44-37(51)33(23-29-13-7-4-8-14-29)43-35(49)30(41)22-28-11-5-3-6-12-28)36(50)42-31(15-9-10-18-40)38(52)45-19-16-39(17-20-45)25-46(26-39)34(48)24-47/h3-8,11-14,27,30-33,47H,9-10,15-26,40-41H2,1-2H3,(H,42,50)(H,43,49)(H,44,51)/t30-,31-,32-,33-/m1/s1. The largest absolute Gasteiger partial charge is 0.387 e. The van der Waals surface area contributed by atoms with Crippen LogP contribution in [0.15, 0.2) is 60.7 Å². The van der Waals surface area contributed by atoms with Crippen LogP contribution in [0.2, 0.25) is 0 Å². The number of amides is 5. The molecule has 0 aromatic heterocycles. The number of benzene rings is 2. The van der Waals surface area contributed by atoms with Crippen LogP contribution in [0.1, 0.15) is 63.5 Å². The highest BCUT2D eigenvalue weighted by molar-refractivity contribution is 5.95. The van der Waals surface area contributed by atoms with E-state index >= 15 is 0 Å². The SMILES string of the molecule is CC(C)C[C@@H](NC(=O)[C@@H](Cc1ccccc1)NC(=O)[C@H](N)Cc1ccccc1)C(=O)N[C@H](CCCCN)C(=O)N1CCC2(CC1)CN(C(=O)CO)C2. The Kier molecular flexibility index (Phi) is 15.2. The number of rotatable bonds is 18. The number of likely N-dealkylation sites (tertiary alicyclic amines) is 2. The van der Waals surface area contributed by atoms with Crippen LogP contribution in [-0.2, 0) is 36.8 Å². The van der Waals surface area contributed by atoms with Crippen LogP contribution in [0.4, 0.5) is 0 Å². The Labute approximate surface area is 307 Å². The van der Waals surface area contributed by atoms with E-state index in [9.17, 15) is 29.1 Å². The number of hydrogen-bond acceptors (Lipinski definition) is 8. The Morgan fingerprint density at radius 3 is 1.85 bits per heavy atom. The van der Waals surface area contributed by atoms with Crippen LogP contribution in [0.5, 0.6) is 0 Å². The lowest BCUT2D eigenvalue weighted by Gasteiger charge is -2.54. The summed E-state index contributed by atoms with van der Waals surface area (Å²) in [6, 6.07) is 15.0. The zero-order valence-electron chi connectivity index (χ0n) is 30.6. The maximum atomic E-state index is 14.0. The van der Waals surface area contributed by atoms with Gasteiger partial charge in [0.15, 0.2) is 0 Å². The highest BCUT2D eigenvalue weighted by Crippen LogP contribution is 2.40. The lowest BCUT2D eigenvalue weighted by molar-refractivity contribution is -0.153. The zero-order chi connectivity index (χ0) is 37.7. The molecule has 2 aromatic carbocycles. The summed E-state index contributed by atoms with van der Waals surface area (Å²) in [5.41, 5.74) is 13.7. The van der Waals surface area contributed by atoms with Gasteiger partial charge in [0, 0.05) is 38.0 Å². The molecule has 284 valence electrons. The molecule has 8 N–H and O–H groups in total. The van der Waals surface area contributed by atoms with Crippen molar-refractivity contribution in [2.45, 2.75) is 89.4 Å². The van der Waals surface area contributed by atoms with Crippen LogP contribution < -0.4 is 27.4 Å². The number of nitrogens with zero attached hydrogens (tertiary/aromatic N) is 2. The van der Waals surface area contributed by atoms with E-state index in [4.69, 9.17) is 11.5 Å². The number of hydrogen-bond donors (Lipinski definition) is 6. The first kappa shape index (κ1) is 40.4. The number of aliphatic hydroxyl groups is 1. The molecule has 4 rings (SSSR count). The van der Waals surface area contributed by atoms with Gasteiger partial charge < -0.3 is 42.3 Å². The molecule has 2 aliphatic rings. The van der Waals surface area contributed by atoms with Crippen LogP contribution in [0, 0.1) is 11.3 Å². The van der Waals surface area contributed by atoms with Crippen molar-refractivity contribution in [1.82, 2.24) is 25.8 Å². The van der Waals surface area contributed by atoms with Gasteiger partial charge in [-0.25, -0.2) is 0 Å². The van der Waals surface area contributed by atoms with Gasteiger partial charge in [0.1, 0.15) is 24.7 Å². The molecule has 13 nitrogen and oxygen atoms in total. The van der Waals surface area contributed by atoms with Crippen molar-refractivity contribution in [1.29, 1.82) is 0 Å². The van der Waals surface area contributed by atoms with Crippen molar-refractivity contribution in [3.63, 3.8) is 0 Å². The Balaban J connectivity index is 1.44. The van der Waals surface area contributed by atoms with Crippen LogP contribution in [0.25, 0.3) is 0 Å². The minimum Gasteiger partial charge on any atom is -0.387 e. The molecule has 1 spiro atoms. The van der Waals surface area contributed by atoms with Gasteiger partial charge >= 0.3 is 0 Å². The number of unbranched alkanes of at least 4 members (excludes halogenated alkanes) is 1. The molecule has 2 aromatic rings. The third-order valence-corrected chi connectivity index (χ3v) is 10.1. The van der Waals surface area contributed by atoms with Gasteiger partial charge in [-0.2, -0.15) is 0 Å². The van der Waals surface area contributed by atoms with Gasteiger partial charge in [-0.15, -0.1) is 0 Å². The predicted molar refractivity (Wildman–Crippen MR) is 198 cm³/mol. The first-order valence-corrected chi connectivity index (χ1v) is 18.6. The van der Waals surface area contributed by atoms with E-state index in [1.807, 2.05) is 74.5 Å². The summed E-state index contributed by atoms with van der Waals surface area (Å²) in [5, 5.41) is 17.9. The molecular formula is C39H57N7O6. The third-order valence-electron chi connectivity index (χ3n) is 10.1. The molecule has 2 saturated heterocycles. The van der Waals surface area contributed by atoms with Gasteiger partial charge in [-0.05, 0) is 68.5 Å². The summed E-state index contributed by atoms with van der Waals surface area (Å²) in [5.74, 6) is -1.90. The molecule has 0 bridgehead atoms. The number of nitrogens with two attached hydrogens (primary N) is 2. The maximum absolute atomic E-state index is 14.0. The second-order valence-corrected chi connectivity index (χ2v) is 14.8. The second kappa shape index (κ2) is 19.5. The average molecular weight is 720 g/mol. The normalized spacial score (nSPS) is 17.4. The summed E-state index contributed by atoms with van der Waals surface area (Å²) >= 11 is 0. The minimum absolute atomic E-state index is 0.0296. The molecule has 0 saturated carbocycles. The van der Waals surface area contributed by atoms with Gasteiger partial charge in [0.05, 0.1) is 6.04 Å². The Morgan fingerprint density at radius 1 is 0.750 bits per heavy atom. The molecule has 52 heavy (non-hydrogen) atoms. The zero-order valence-corrected chi connectivity index (χ0v) is 30.6. The molecule has 2 aliphatic heterocycles. The van der Waals surface area contributed by atoms with E-state index in [2.05, 4.69) is 16.0 Å². The molecule has 0 unspecified atom stereocenters. The van der Waals surface area contributed by atoms with Crippen LogP contribution in [0.3, 0.4) is 0 Å². The number of carbonyl (C=O) groups excluding carboxylic acids is 5. The van der Waals surface area contributed by atoms with Gasteiger partial charge in [0.2, 0.25) is 29.5 Å². The highest BCUT2D eigenvalue weighted by atomic mass is 16.3. The first-order chi connectivity index (χ1) is 24.9. The van der Waals surface area contributed by atoms with Gasteiger partial charge in [-0.1, -0.05) is 74.5 Å². The molecule has 13 heteroatoms. The van der Waals surface area contributed by atoms with Crippen molar-refractivity contribution in [3.8, 4) is 0 Å². The topological polar surface area (TPSA) is 200 Å². The molecule has 0 radical (unpaired) electrons. The lowest BCUT2D eigenvalue weighted by atomic mass is 9.72. The Hall–Kier alpha value is -4.33. The molecule has 0 aliphatic carbocycles. The van der Waals surface area contributed by atoms with E-state index < -0.39 is 48.5 Å². The lowest BCUT2D eigenvalue weighted by Crippen LogP contribution is -2.63. The smallest absolute Gasteiger partial charge is 0.248 e. The maximum Gasteiger partial charge on any atom is 0.248 e.